The number of rotatable bonds is 2. The molecule has 0 bridgehead atoms. The molecule has 0 nitrogen and oxygen atoms in total. The average Bonchev–Trinajstić information content (AvgIpc) is 2.04. The summed E-state index contributed by atoms with van der Waals surface area (Å²) in [5.41, 5.74) is 0.248. The van der Waals surface area contributed by atoms with Crippen molar-refractivity contribution in [1.29, 1.82) is 0 Å². The Balaban J connectivity index is 2.81. The second-order valence-corrected chi connectivity index (χ2v) is 3.24. The molecule has 1 radical (unpaired) electrons. The molecule has 71 valence electrons. The predicted molar refractivity (Wildman–Crippen MR) is 48.1 cm³/mol. The molecule has 0 amide bonds. The van der Waals surface area contributed by atoms with Gasteiger partial charge >= 0.3 is 6.18 Å². The largest absolute Gasteiger partial charge is 0.416 e. The molecule has 4 heteroatoms. The molecule has 0 N–H and O–H groups in total. The fourth-order valence-corrected chi connectivity index (χ4v) is 1.34. The molecule has 0 heterocycles. The van der Waals surface area contributed by atoms with Crippen LogP contribution in [-0.4, -0.2) is 0 Å². The predicted octanol–water partition coefficient (Wildman–Crippen LogP) is 3.73. The van der Waals surface area contributed by atoms with Crippen molar-refractivity contribution in [2.24, 2.45) is 0 Å². The summed E-state index contributed by atoms with van der Waals surface area (Å²) in [6.45, 7) is 0. The van der Waals surface area contributed by atoms with Gasteiger partial charge in [0, 0.05) is 12.0 Å². The normalized spacial score (nSPS) is 11.7. The Labute approximate surface area is 79.1 Å². The van der Waals surface area contributed by atoms with Gasteiger partial charge in [-0.1, -0.05) is 12.1 Å². The van der Waals surface area contributed by atoms with Crippen LogP contribution in [0, 0.1) is 6.26 Å². The molecular weight excluding hydrogens is 197 g/mol. The number of benzene rings is 1. The van der Waals surface area contributed by atoms with E-state index in [9.17, 15) is 13.2 Å². The molecule has 0 saturated heterocycles. The fraction of sp³-hybridized carbons (Fsp3) is 0.222. The van der Waals surface area contributed by atoms with Crippen LogP contribution in [0.5, 0.6) is 0 Å². The van der Waals surface area contributed by atoms with Crippen LogP contribution in [0.3, 0.4) is 0 Å². The third-order valence-corrected chi connectivity index (χ3v) is 2.09. The van der Waals surface area contributed by atoms with E-state index in [0.717, 1.165) is 17.7 Å². The van der Waals surface area contributed by atoms with E-state index < -0.39 is 11.7 Å². The molecule has 0 aromatic heterocycles. The van der Waals surface area contributed by atoms with E-state index in [1.165, 1.54) is 23.9 Å². The maximum atomic E-state index is 12.1. The first-order chi connectivity index (χ1) is 6.04. The van der Waals surface area contributed by atoms with Crippen LogP contribution in [0.2, 0.25) is 0 Å². The first-order valence-electron chi connectivity index (χ1n) is 3.57. The quantitative estimate of drug-likeness (QED) is 0.708. The van der Waals surface area contributed by atoms with Crippen LogP contribution in [0.1, 0.15) is 11.1 Å². The molecular formula is C9H8F3S. The van der Waals surface area contributed by atoms with Crippen LogP contribution in [0.25, 0.3) is 0 Å². The van der Waals surface area contributed by atoms with E-state index >= 15 is 0 Å². The van der Waals surface area contributed by atoms with Gasteiger partial charge in [-0.2, -0.15) is 24.9 Å². The summed E-state index contributed by atoms with van der Waals surface area (Å²) in [7, 11) is 0. The summed E-state index contributed by atoms with van der Waals surface area (Å²) in [6, 6.07) is 5.12. The SMILES string of the molecule is [CH2]SCc1ccc(C(F)(F)F)cc1. The van der Waals surface area contributed by atoms with Gasteiger partial charge in [-0.25, -0.2) is 0 Å². The lowest BCUT2D eigenvalue weighted by Gasteiger charge is -2.06. The molecule has 0 atom stereocenters. The van der Waals surface area contributed by atoms with Crippen molar-refractivity contribution in [3.8, 4) is 0 Å². The van der Waals surface area contributed by atoms with Gasteiger partial charge in [0.05, 0.1) is 5.56 Å². The van der Waals surface area contributed by atoms with Crippen LogP contribution in [-0.2, 0) is 11.9 Å². The zero-order valence-electron chi connectivity index (χ0n) is 6.77. The van der Waals surface area contributed by atoms with Crippen molar-refractivity contribution < 1.29 is 13.2 Å². The second-order valence-electron chi connectivity index (χ2n) is 2.54. The summed E-state index contributed by atoms with van der Waals surface area (Å²) >= 11 is 1.34. The Kier molecular flexibility index (Phi) is 3.25. The first-order valence-corrected chi connectivity index (χ1v) is 4.72. The van der Waals surface area contributed by atoms with Crippen LogP contribution in [0.4, 0.5) is 13.2 Å². The maximum absolute atomic E-state index is 12.1. The van der Waals surface area contributed by atoms with E-state index in [2.05, 4.69) is 6.26 Å². The zero-order valence-corrected chi connectivity index (χ0v) is 7.58. The van der Waals surface area contributed by atoms with Gasteiger partial charge in [0.1, 0.15) is 0 Å². The lowest BCUT2D eigenvalue weighted by Crippen LogP contribution is -2.04. The molecule has 0 saturated carbocycles. The number of thioether (sulfide) groups is 1. The van der Waals surface area contributed by atoms with Crippen molar-refractivity contribution >= 4 is 11.8 Å². The topological polar surface area (TPSA) is 0 Å². The Morgan fingerprint density at radius 1 is 1.15 bits per heavy atom. The molecule has 0 fully saturated rings. The Hall–Kier alpha value is -0.640. The Bertz CT molecular complexity index is 263. The van der Waals surface area contributed by atoms with Crippen molar-refractivity contribution in [3.05, 3.63) is 41.6 Å². The standard InChI is InChI=1S/C9H8F3S/c1-13-6-7-2-4-8(5-3-7)9(10,11)12/h2-5H,1,6H2. The van der Waals surface area contributed by atoms with Crippen molar-refractivity contribution in [3.63, 3.8) is 0 Å². The summed E-state index contributed by atoms with van der Waals surface area (Å²) in [5.74, 6) is 0.637. The minimum atomic E-state index is -4.24. The highest BCUT2D eigenvalue weighted by atomic mass is 32.2. The summed E-state index contributed by atoms with van der Waals surface area (Å²) < 4.78 is 36.3. The van der Waals surface area contributed by atoms with Crippen LogP contribution >= 0.6 is 11.8 Å². The smallest absolute Gasteiger partial charge is 0.166 e. The lowest BCUT2D eigenvalue weighted by atomic mass is 10.1. The molecule has 0 unspecified atom stereocenters. The number of alkyl halides is 3. The Morgan fingerprint density at radius 3 is 2.08 bits per heavy atom. The van der Waals surface area contributed by atoms with Crippen molar-refractivity contribution in [2.75, 3.05) is 0 Å². The van der Waals surface area contributed by atoms with E-state index in [1.807, 2.05) is 0 Å². The summed E-state index contributed by atoms with van der Waals surface area (Å²) in [4.78, 5) is 0. The number of hydrogen-bond donors (Lipinski definition) is 0. The lowest BCUT2D eigenvalue weighted by molar-refractivity contribution is -0.137. The minimum Gasteiger partial charge on any atom is -0.166 e. The van der Waals surface area contributed by atoms with E-state index in [-0.39, 0.29) is 0 Å². The third-order valence-electron chi connectivity index (χ3n) is 1.55. The highest BCUT2D eigenvalue weighted by Gasteiger charge is 2.29. The number of hydrogen-bond acceptors (Lipinski definition) is 1. The van der Waals surface area contributed by atoms with E-state index in [1.54, 1.807) is 0 Å². The molecule has 0 spiro atoms. The van der Waals surface area contributed by atoms with Gasteiger partial charge in [0.25, 0.3) is 0 Å². The first kappa shape index (κ1) is 10.4. The molecule has 0 aliphatic heterocycles. The molecule has 1 rings (SSSR count). The molecule has 1 aromatic rings. The second kappa shape index (κ2) is 4.05. The summed E-state index contributed by atoms with van der Waals surface area (Å²) in [5, 5.41) is 0. The molecule has 0 aliphatic rings. The van der Waals surface area contributed by atoms with Crippen molar-refractivity contribution in [2.45, 2.75) is 11.9 Å². The van der Waals surface area contributed by atoms with Crippen LogP contribution in [0.15, 0.2) is 24.3 Å². The number of halogens is 3. The van der Waals surface area contributed by atoms with Crippen molar-refractivity contribution in [1.82, 2.24) is 0 Å². The minimum absolute atomic E-state index is 0.606. The fourth-order valence-electron chi connectivity index (χ4n) is 0.908. The van der Waals surface area contributed by atoms with Gasteiger partial charge in [0.2, 0.25) is 0 Å². The highest BCUT2D eigenvalue weighted by Crippen LogP contribution is 2.29. The summed E-state index contributed by atoms with van der Waals surface area (Å²) in [6.07, 6.45) is -0.693. The average molecular weight is 205 g/mol. The zero-order chi connectivity index (χ0) is 9.90. The Morgan fingerprint density at radius 2 is 1.69 bits per heavy atom. The molecule has 1 aromatic carbocycles. The molecule has 13 heavy (non-hydrogen) atoms. The van der Waals surface area contributed by atoms with Gasteiger partial charge in [0.15, 0.2) is 0 Å². The highest BCUT2D eigenvalue weighted by molar-refractivity contribution is 7.99. The third kappa shape index (κ3) is 2.95. The maximum Gasteiger partial charge on any atom is 0.416 e. The van der Waals surface area contributed by atoms with Crippen LogP contribution < -0.4 is 0 Å². The van der Waals surface area contributed by atoms with Gasteiger partial charge in [-0.3, -0.25) is 0 Å². The van der Waals surface area contributed by atoms with E-state index in [4.69, 9.17) is 0 Å². The van der Waals surface area contributed by atoms with E-state index in [0.29, 0.717) is 5.75 Å². The van der Waals surface area contributed by atoms with Gasteiger partial charge in [-0.05, 0) is 17.7 Å². The molecule has 0 aliphatic carbocycles. The van der Waals surface area contributed by atoms with Gasteiger partial charge < -0.3 is 0 Å². The monoisotopic (exact) mass is 205 g/mol. The van der Waals surface area contributed by atoms with Gasteiger partial charge in [-0.15, -0.1) is 0 Å².